The Labute approximate surface area is 250 Å². The molecule has 2 aliphatic rings. The van der Waals surface area contributed by atoms with Crippen LogP contribution in [0.5, 0.6) is 0 Å². The van der Waals surface area contributed by atoms with Gasteiger partial charge in [0.15, 0.2) is 0 Å². The molecule has 3 atom stereocenters. The molecule has 0 spiro atoms. The quantitative estimate of drug-likeness (QED) is 0.201. The molecule has 3 aromatic rings. The molecule has 0 fully saturated rings. The van der Waals surface area contributed by atoms with Crippen LogP contribution in [-0.4, -0.2) is 43.0 Å². The number of nitriles is 1. The fraction of sp³-hybridized carbons (Fsp3) is 0.455. The predicted octanol–water partition coefficient (Wildman–Crippen LogP) is 8.03. The summed E-state index contributed by atoms with van der Waals surface area (Å²) in [4.78, 5) is 18.2. The molecule has 216 valence electrons. The third-order valence-corrected chi connectivity index (χ3v) is 10.7. The van der Waals surface area contributed by atoms with E-state index >= 15 is 0 Å². The van der Waals surface area contributed by atoms with Crippen molar-refractivity contribution in [1.29, 1.82) is 5.26 Å². The SMILES string of the molecule is CCOC1Cc2cc(-c3cc(C)c(-c4sc(/C=C(\C#N)C(=O)O)cc4C)s3)cc3c2N(C1)C(C(C)C)CC3OCC. The molecule has 0 saturated heterocycles. The standard InChI is InChI=1S/C33H38N2O4S2/c1-7-38-24-12-22-11-21(14-26-28(39-8-2)15-27(18(3)4)35(17-24)30(22)26)29-10-20(6)32(41-29)31-19(5)9-25(40-31)13-23(16-34)33(36)37/h9-11,13-14,18,24,27-28H,7-8,12,15,17H2,1-6H3,(H,36,37)/b23-13+. The van der Waals surface area contributed by atoms with Gasteiger partial charge in [0, 0.05) is 63.0 Å². The first-order chi connectivity index (χ1) is 19.6. The first-order valence-corrected chi connectivity index (χ1v) is 16.0. The van der Waals surface area contributed by atoms with Crippen LogP contribution in [0, 0.1) is 31.1 Å². The Morgan fingerprint density at radius 3 is 2.49 bits per heavy atom. The van der Waals surface area contributed by atoms with Gasteiger partial charge in [0.2, 0.25) is 0 Å². The Morgan fingerprint density at radius 1 is 1.12 bits per heavy atom. The third kappa shape index (κ3) is 5.74. The molecular formula is C33H38N2O4S2. The van der Waals surface area contributed by atoms with Gasteiger partial charge in [-0.1, -0.05) is 13.8 Å². The Balaban J connectivity index is 1.59. The van der Waals surface area contributed by atoms with Gasteiger partial charge in [0.1, 0.15) is 11.6 Å². The molecule has 0 amide bonds. The molecule has 6 nitrogen and oxygen atoms in total. The maximum absolute atomic E-state index is 11.4. The summed E-state index contributed by atoms with van der Waals surface area (Å²) in [6.07, 6.45) is 3.57. The number of carbonyl (C=O) groups is 1. The van der Waals surface area contributed by atoms with E-state index in [4.69, 9.17) is 9.47 Å². The normalized spacial score (nSPS) is 20.3. The van der Waals surface area contributed by atoms with Gasteiger partial charge in [-0.3, -0.25) is 0 Å². The van der Waals surface area contributed by atoms with Gasteiger partial charge in [0.05, 0.1) is 12.2 Å². The number of rotatable bonds is 9. The molecule has 3 unspecified atom stereocenters. The highest BCUT2D eigenvalue weighted by Gasteiger charge is 2.40. The fourth-order valence-electron chi connectivity index (χ4n) is 6.28. The van der Waals surface area contributed by atoms with Gasteiger partial charge < -0.3 is 19.5 Å². The number of thiophene rings is 2. The minimum Gasteiger partial charge on any atom is -0.477 e. The van der Waals surface area contributed by atoms with Crippen LogP contribution in [0.1, 0.15) is 67.4 Å². The zero-order valence-electron chi connectivity index (χ0n) is 24.6. The number of carboxylic acid groups (broad SMARTS) is 1. The van der Waals surface area contributed by atoms with Crippen LogP contribution in [0.25, 0.3) is 26.3 Å². The summed E-state index contributed by atoms with van der Waals surface area (Å²) in [5.41, 5.74) is 7.18. The van der Waals surface area contributed by atoms with Crippen molar-refractivity contribution in [3.05, 3.63) is 57.0 Å². The van der Waals surface area contributed by atoms with Gasteiger partial charge in [-0.15, -0.1) is 22.7 Å². The first-order valence-electron chi connectivity index (χ1n) is 14.4. The van der Waals surface area contributed by atoms with E-state index in [2.05, 4.69) is 57.7 Å². The van der Waals surface area contributed by atoms with Gasteiger partial charge in [-0.25, -0.2) is 4.79 Å². The average molecular weight is 591 g/mol. The zero-order valence-corrected chi connectivity index (χ0v) is 26.2. The smallest absolute Gasteiger partial charge is 0.346 e. The Morgan fingerprint density at radius 2 is 1.83 bits per heavy atom. The number of carboxylic acids is 1. The van der Waals surface area contributed by atoms with Crippen LogP contribution in [-0.2, 0) is 20.7 Å². The van der Waals surface area contributed by atoms with E-state index in [1.54, 1.807) is 17.4 Å². The van der Waals surface area contributed by atoms with E-state index < -0.39 is 5.97 Å². The summed E-state index contributed by atoms with van der Waals surface area (Å²) in [5, 5.41) is 18.5. The predicted molar refractivity (Wildman–Crippen MR) is 168 cm³/mol. The van der Waals surface area contributed by atoms with Crippen LogP contribution in [0.3, 0.4) is 0 Å². The molecule has 2 aliphatic heterocycles. The molecule has 5 rings (SSSR count). The van der Waals surface area contributed by atoms with E-state index in [0.29, 0.717) is 25.2 Å². The van der Waals surface area contributed by atoms with Crippen LogP contribution in [0.15, 0.2) is 29.8 Å². The summed E-state index contributed by atoms with van der Waals surface area (Å²) < 4.78 is 12.6. The third-order valence-electron chi connectivity index (χ3n) is 8.08. The van der Waals surface area contributed by atoms with Crippen molar-refractivity contribution in [1.82, 2.24) is 0 Å². The lowest BCUT2D eigenvalue weighted by Crippen LogP contribution is -2.51. The molecule has 1 aromatic carbocycles. The van der Waals surface area contributed by atoms with Crippen LogP contribution in [0.4, 0.5) is 5.69 Å². The van der Waals surface area contributed by atoms with E-state index in [0.717, 1.165) is 34.7 Å². The minimum absolute atomic E-state index is 0.0685. The zero-order chi connectivity index (χ0) is 29.4. The summed E-state index contributed by atoms with van der Waals surface area (Å²) in [5.74, 6) is -0.698. The van der Waals surface area contributed by atoms with Gasteiger partial charge >= 0.3 is 5.97 Å². The van der Waals surface area contributed by atoms with Gasteiger partial charge in [0.25, 0.3) is 0 Å². The summed E-state index contributed by atoms with van der Waals surface area (Å²) in [6, 6.07) is 11.1. The van der Waals surface area contributed by atoms with Crippen molar-refractivity contribution in [2.45, 2.75) is 72.6 Å². The summed E-state index contributed by atoms with van der Waals surface area (Å²) in [7, 11) is 0. The molecule has 0 radical (unpaired) electrons. The lowest BCUT2D eigenvalue weighted by Gasteiger charge is -2.49. The number of ether oxygens (including phenoxy) is 2. The monoisotopic (exact) mass is 590 g/mol. The Bertz CT molecular complexity index is 1530. The van der Waals surface area contributed by atoms with E-state index in [9.17, 15) is 15.2 Å². The number of aliphatic carboxylic acids is 1. The second-order valence-corrected chi connectivity index (χ2v) is 13.4. The van der Waals surface area contributed by atoms with Crippen molar-refractivity contribution < 1.29 is 19.4 Å². The summed E-state index contributed by atoms with van der Waals surface area (Å²) in [6.45, 7) is 15.3. The Kier molecular flexibility index (Phi) is 8.72. The molecule has 0 bridgehead atoms. The maximum atomic E-state index is 11.4. The van der Waals surface area contributed by atoms with Crippen molar-refractivity contribution >= 4 is 40.4 Å². The lowest BCUT2D eigenvalue weighted by molar-refractivity contribution is -0.132. The van der Waals surface area contributed by atoms with E-state index in [1.165, 1.54) is 55.1 Å². The van der Waals surface area contributed by atoms with E-state index in [-0.39, 0.29) is 17.8 Å². The number of aryl methyl sites for hydroxylation is 2. The molecule has 41 heavy (non-hydrogen) atoms. The molecule has 8 heteroatoms. The maximum Gasteiger partial charge on any atom is 0.346 e. The number of hydrogen-bond donors (Lipinski definition) is 1. The largest absolute Gasteiger partial charge is 0.477 e. The van der Waals surface area contributed by atoms with Gasteiger partial charge in [-0.2, -0.15) is 5.26 Å². The number of benzene rings is 1. The summed E-state index contributed by atoms with van der Waals surface area (Å²) >= 11 is 3.29. The van der Waals surface area contributed by atoms with Crippen molar-refractivity contribution in [2.24, 2.45) is 5.92 Å². The second kappa shape index (κ2) is 12.1. The van der Waals surface area contributed by atoms with Crippen LogP contribution < -0.4 is 4.90 Å². The number of nitrogens with zero attached hydrogens (tertiary/aromatic N) is 2. The fourth-order valence-corrected chi connectivity index (χ4v) is 8.82. The topological polar surface area (TPSA) is 82.8 Å². The highest BCUT2D eigenvalue weighted by atomic mass is 32.1. The highest BCUT2D eigenvalue weighted by Crippen LogP contribution is 2.49. The van der Waals surface area contributed by atoms with Crippen molar-refractivity contribution in [3.8, 4) is 26.3 Å². The van der Waals surface area contributed by atoms with Gasteiger partial charge in [-0.05, 0) is 92.6 Å². The average Bonchev–Trinajstić information content (AvgIpc) is 3.49. The van der Waals surface area contributed by atoms with Crippen LogP contribution >= 0.6 is 22.7 Å². The molecule has 1 N–H and O–H groups in total. The molecule has 0 saturated carbocycles. The molecular weight excluding hydrogens is 553 g/mol. The first kappa shape index (κ1) is 29.5. The number of anilines is 1. The second-order valence-electron chi connectivity index (χ2n) is 11.3. The molecule has 0 aliphatic carbocycles. The number of hydrogen-bond acceptors (Lipinski definition) is 7. The van der Waals surface area contributed by atoms with Crippen molar-refractivity contribution in [2.75, 3.05) is 24.7 Å². The van der Waals surface area contributed by atoms with Crippen LogP contribution in [0.2, 0.25) is 0 Å². The Hall–Kier alpha value is -2.96. The van der Waals surface area contributed by atoms with Crippen molar-refractivity contribution in [3.63, 3.8) is 0 Å². The highest BCUT2D eigenvalue weighted by molar-refractivity contribution is 7.24. The van der Waals surface area contributed by atoms with E-state index in [1.807, 2.05) is 13.0 Å². The molecule has 2 aromatic heterocycles. The molecule has 4 heterocycles. The lowest BCUT2D eigenvalue weighted by atomic mass is 9.81. The minimum atomic E-state index is -1.21.